The van der Waals surface area contributed by atoms with E-state index in [1.165, 1.54) is 0 Å². The Hall–Kier alpha value is -2.66. The van der Waals surface area contributed by atoms with Crippen LogP contribution in [0.4, 0.5) is 18.9 Å². The topological polar surface area (TPSA) is 84.9 Å². The van der Waals surface area contributed by atoms with Gasteiger partial charge in [-0.15, -0.1) is 0 Å². The first-order chi connectivity index (χ1) is 13.9. The monoisotopic (exact) mass is 464 g/mol. The van der Waals surface area contributed by atoms with E-state index in [9.17, 15) is 26.4 Å². The number of amides is 1. The number of carbonyl (C=O) groups is 1. The number of benzene rings is 2. The minimum absolute atomic E-state index is 0.0570. The standard InChI is InChI=1S/C18H16ClF3N2O5S/c1-30(26,27)24(12-3-4-14(19)13(7-12)18(20,21)22)9-17(25)23-8-11-2-5-15-16(6-11)29-10-28-15/h2-7H,8-10H2,1H3,(H,23,25). The summed E-state index contributed by atoms with van der Waals surface area (Å²) < 4.78 is 74.5. The zero-order valence-corrected chi connectivity index (χ0v) is 17.1. The quantitative estimate of drug-likeness (QED) is 0.710. The summed E-state index contributed by atoms with van der Waals surface area (Å²) in [6, 6.07) is 7.64. The molecule has 0 radical (unpaired) electrons. The van der Waals surface area contributed by atoms with Gasteiger partial charge in [0.1, 0.15) is 6.54 Å². The second kappa shape index (κ2) is 8.23. The van der Waals surface area contributed by atoms with Crippen molar-refractivity contribution in [2.75, 3.05) is 23.9 Å². The fourth-order valence-electron chi connectivity index (χ4n) is 2.72. The highest BCUT2D eigenvalue weighted by Gasteiger charge is 2.34. The molecule has 2 aromatic carbocycles. The minimum Gasteiger partial charge on any atom is -0.454 e. The second-order valence-corrected chi connectivity index (χ2v) is 8.71. The average molecular weight is 465 g/mol. The normalized spacial score (nSPS) is 13.2. The second-order valence-electron chi connectivity index (χ2n) is 6.40. The summed E-state index contributed by atoms with van der Waals surface area (Å²) >= 11 is 5.58. The molecule has 0 fully saturated rings. The molecule has 0 bridgehead atoms. The number of alkyl halides is 3. The number of rotatable bonds is 6. The van der Waals surface area contributed by atoms with Crippen molar-refractivity contribution in [2.45, 2.75) is 12.7 Å². The van der Waals surface area contributed by atoms with Crippen LogP contribution in [0, 0.1) is 0 Å². The summed E-state index contributed by atoms with van der Waals surface area (Å²) in [5.41, 5.74) is -0.854. The van der Waals surface area contributed by atoms with Crippen molar-refractivity contribution >= 4 is 33.2 Å². The molecule has 1 aliphatic rings. The molecule has 0 unspecified atom stereocenters. The van der Waals surface area contributed by atoms with E-state index in [0.29, 0.717) is 27.4 Å². The van der Waals surface area contributed by atoms with E-state index in [2.05, 4.69) is 5.32 Å². The lowest BCUT2D eigenvalue weighted by molar-refractivity contribution is -0.137. The summed E-state index contributed by atoms with van der Waals surface area (Å²) in [6.45, 7) is -0.556. The predicted molar refractivity (Wildman–Crippen MR) is 103 cm³/mol. The number of anilines is 1. The van der Waals surface area contributed by atoms with E-state index in [1.54, 1.807) is 18.2 Å². The number of ether oxygens (including phenoxy) is 2. The van der Waals surface area contributed by atoms with Crippen molar-refractivity contribution in [2.24, 2.45) is 0 Å². The van der Waals surface area contributed by atoms with Gasteiger partial charge >= 0.3 is 6.18 Å². The van der Waals surface area contributed by atoms with Crippen molar-refractivity contribution in [3.8, 4) is 11.5 Å². The SMILES string of the molecule is CS(=O)(=O)N(CC(=O)NCc1ccc2c(c1)OCO2)c1ccc(Cl)c(C(F)(F)F)c1. The van der Waals surface area contributed by atoms with E-state index in [1.807, 2.05) is 0 Å². The third kappa shape index (κ3) is 5.08. The fraction of sp³-hybridized carbons (Fsp3) is 0.278. The molecule has 1 aliphatic heterocycles. The molecular formula is C18H16ClF3N2O5S. The van der Waals surface area contributed by atoms with Crippen LogP contribution in [-0.4, -0.2) is 33.9 Å². The van der Waals surface area contributed by atoms with Crippen LogP contribution in [0.3, 0.4) is 0 Å². The molecule has 1 N–H and O–H groups in total. The molecule has 0 saturated carbocycles. The predicted octanol–water partition coefficient (Wildman–Crippen LogP) is 3.17. The number of nitrogens with one attached hydrogen (secondary N) is 1. The Balaban J connectivity index is 1.75. The largest absolute Gasteiger partial charge is 0.454 e. The van der Waals surface area contributed by atoms with Crippen LogP contribution >= 0.6 is 11.6 Å². The number of carbonyl (C=O) groups excluding carboxylic acids is 1. The zero-order chi connectivity index (χ0) is 22.1. The lowest BCUT2D eigenvalue weighted by Gasteiger charge is -2.23. The van der Waals surface area contributed by atoms with Crippen molar-refractivity contribution < 1.29 is 35.9 Å². The zero-order valence-electron chi connectivity index (χ0n) is 15.5. The van der Waals surface area contributed by atoms with Crippen LogP contribution in [0.5, 0.6) is 11.5 Å². The third-order valence-electron chi connectivity index (χ3n) is 4.16. The highest BCUT2D eigenvalue weighted by molar-refractivity contribution is 7.92. The molecule has 0 aliphatic carbocycles. The van der Waals surface area contributed by atoms with Gasteiger partial charge in [-0.3, -0.25) is 9.10 Å². The van der Waals surface area contributed by atoms with Crippen molar-refractivity contribution in [1.29, 1.82) is 0 Å². The number of hydrogen-bond acceptors (Lipinski definition) is 5. The van der Waals surface area contributed by atoms with Gasteiger partial charge in [-0.05, 0) is 35.9 Å². The Kier molecular flexibility index (Phi) is 6.04. The third-order valence-corrected chi connectivity index (χ3v) is 5.63. The lowest BCUT2D eigenvalue weighted by Crippen LogP contribution is -2.40. The molecule has 30 heavy (non-hydrogen) atoms. The molecular weight excluding hydrogens is 449 g/mol. The molecule has 3 rings (SSSR count). The Morgan fingerprint density at radius 2 is 1.87 bits per heavy atom. The number of hydrogen-bond donors (Lipinski definition) is 1. The Morgan fingerprint density at radius 1 is 1.17 bits per heavy atom. The number of nitrogens with zero attached hydrogens (tertiary/aromatic N) is 1. The van der Waals surface area contributed by atoms with E-state index >= 15 is 0 Å². The molecule has 1 amide bonds. The van der Waals surface area contributed by atoms with Crippen LogP contribution in [0.15, 0.2) is 36.4 Å². The Morgan fingerprint density at radius 3 is 2.53 bits per heavy atom. The van der Waals surface area contributed by atoms with Crippen LogP contribution in [0.1, 0.15) is 11.1 Å². The number of fused-ring (bicyclic) bond motifs is 1. The summed E-state index contributed by atoms with van der Waals surface area (Å²) in [5.74, 6) is 0.374. The average Bonchev–Trinajstić information content (AvgIpc) is 3.11. The van der Waals surface area contributed by atoms with E-state index < -0.39 is 39.2 Å². The van der Waals surface area contributed by atoms with Crippen molar-refractivity contribution in [3.63, 3.8) is 0 Å². The highest BCUT2D eigenvalue weighted by Crippen LogP contribution is 2.37. The highest BCUT2D eigenvalue weighted by atomic mass is 35.5. The molecule has 1 heterocycles. The van der Waals surface area contributed by atoms with Gasteiger partial charge in [-0.2, -0.15) is 13.2 Å². The van der Waals surface area contributed by atoms with Gasteiger partial charge in [-0.1, -0.05) is 17.7 Å². The first-order valence-electron chi connectivity index (χ1n) is 8.45. The van der Waals surface area contributed by atoms with Gasteiger partial charge in [0, 0.05) is 6.54 Å². The van der Waals surface area contributed by atoms with Crippen LogP contribution in [-0.2, 0) is 27.5 Å². The van der Waals surface area contributed by atoms with Gasteiger partial charge in [0.2, 0.25) is 22.7 Å². The smallest absolute Gasteiger partial charge is 0.417 e. The van der Waals surface area contributed by atoms with E-state index in [-0.39, 0.29) is 19.0 Å². The molecule has 12 heteroatoms. The maximum absolute atomic E-state index is 13.1. The molecule has 2 aromatic rings. The van der Waals surface area contributed by atoms with Crippen LogP contribution in [0.25, 0.3) is 0 Å². The van der Waals surface area contributed by atoms with Gasteiger partial charge in [0.25, 0.3) is 0 Å². The van der Waals surface area contributed by atoms with Gasteiger partial charge in [0.05, 0.1) is 22.5 Å². The number of halogens is 4. The molecule has 162 valence electrons. The van der Waals surface area contributed by atoms with Crippen LogP contribution in [0.2, 0.25) is 5.02 Å². The maximum Gasteiger partial charge on any atom is 0.417 e. The first-order valence-corrected chi connectivity index (χ1v) is 10.7. The molecule has 7 nitrogen and oxygen atoms in total. The lowest BCUT2D eigenvalue weighted by atomic mass is 10.2. The molecule has 0 aromatic heterocycles. The molecule has 0 atom stereocenters. The minimum atomic E-state index is -4.78. The maximum atomic E-state index is 13.1. The fourth-order valence-corrected chi connectivity index (χ4v) is 3.80. The Bertz CT molecular complexity index is 1080. The van der Waals surface area contributed by atoms with Crippen molar-refractivity contribution in [1.82, 2.24) is 5.32 Å². The van der Waals surface area contributed by atoms with E-state index in [0.717, 1.165) is 18.4 Å². The molecule has 0 spiro atoms. The molecule has 0 saturated heterocycles. The summed E-state index contributed by atoms with van der Waals surface area (Å²) in [5, 5.41) is 1.95. The van der Waals surface area contributed by atoms with E-state index in [4.69, 9.17) is 21.1 Å². The summed E-state index contributed by atoms with van der Waals surface area (Å²) in [4.78, 5) is 12.3. The first kappa shape index (κ1) is 22.0. The Labute approximate surface area is 175 Å². The van der Waals surface area contributed by atoms with Crippen LogP contribution < -0.4 is 19.1 Å². The number of sulfonamides is 1. The summed E-state index contributed by atoms with van der Waals surface area (Å²) in [6.07, 6.45) is -3.99. The van der Waals surface area contributed by atoms with Gasteiger partial charge in [-0.25, -0.2) is 8.42 Å². The van der Waals surface area contributed by atoms with Crippen molar-refractivity contribution in [3.05, 3.63) is 52.5 Å². The summed E-state index contributed by atoms with van der Waals surface area (Å²) in [7, 11) is -4.05. The van der Waals surface area contributed by atoms with Gasteiger partial charge in [0.15, 0.2) is 11.5 Å². The van der Waals surface area contributed by atoms with Gasteiger partial charge < -0.3 is 14.8 Å².